The highest BCUT2D eigenvalue weighted by atomic mass is 16.3. The van der Waals surface area contributed by atoms with Gasteiger partial charge in [-0.05, 0) is 46.0 Å². The van der Waals surface area contributed by atoms with E-state index in [4.69, 9.17) is 0 Å². The minimum Gasteiger partial charge on any atom is -0.389 e. The summed E-state index contributed by atoms with van der Waals surface area (Å²) in [6.45, 7) is 3.93. The molecule has 2 aliphatic carbocycles. The smallest absolute Gasteiger partial charge is 0.223 e. The Bertz CT molecular complexity index is 416. The van der Waals surface area contributed by atoms with Crippen LogP contribution < -0.4 is 10.6 Å². The Balaban J connectivity index is 1.80. The molecule has 2 saturated carbocycles. The highest BCUT2D eigenvalue weighted by Crippen LogP contribution is 2.31. The zero-order valence-electron chi connectivity index (χ0n) is 14.6. The molecule has 5 nitrogen and oxygen atoms in total. The maximum Gasteiger partial charge on any atom is 0.223 e. The second kappa shape index (κ2) is 8.13. The number of amides is 2. The number of aliphatic hydroxyl groups is 1. The Kier molecular flexibility index (Phi) is 6.45. The van der Waals surface area contributed by atoms with E-state index in [1.165, 1.54) is 0 Å². The molecule has 0 spiro atoms. The topological polar surface area (TPSA) is 78.4 Å². The van der Waals surface area contributed by atoms with Gasteiger partial charge < -0.3 is 15.7 Å². The highest BCUT2D eigenvalue weighted by molar-refractivity contribution is 5.80. The van der Waals surface area contributed by atoms with Crippen LogP contribution in [-0.4, -0.2) is 34.6 Å². The van der Waals surface area contributed by atoms with Crippen LogP contribution in [-0.2, 0) is 9.59 Å². The molecule has 132 valence electrons. The van der Waals surface area contributed by atoms with Crippen LogP contribution in [0.25, 0.3) is 0 Å². The fourth-order valence-electron chi connectivity index (χ4n) is 3.93. The molecule has 23 heavy (non-hydrogen) atoms. The molecule has 0 heterocycles. The largest absolute Gasteiger partial charge is 0.389 e. The molecule has 2 fully saturated rings. The van der Waals surface area contributed by atoms with Crippen LogP contribution >= 0.6 is 0 Å². The molecule has 2 unspecified atom stereocenters. The van der Waals surface area contributed by atoms with Gasteiger partial charge in [-0.15, -0.1) is 0 Å². The van der Waals surface area contributed by atoms with Crippen molar-refractivity contribution >= 4 is 11.8 Å². The van der Waals surface area contributed by atoms with Crippen molar-refractivity contribution < 1.29 is 14.7 Å². The quantitative estimate of drug-likeness (QED) is 0.726. The van der Waals surface area contributed by atoms with Gasteiger partial charge in [-0.2, -0.15) is 0 Å². The van der Waals surface area contributed by atoms with E-state index in [1.807, 2.05) is 13.8 Å². The first-order valence-corrected chi connectivity index (χ1v) is 9.20. The van der Waals surface area contributed by atoms with Crippen molar-refractivity contribution in [3.05, 3.63) is 0 Å². The van der Waals surface area contributed by atoms with E-state index in [0.717, 1.165) is 51.4 Å². The van der Waals surface area contributed by atoms with Crippen molar-refractivity contribution in [1.82, 2.24) is 10.6 Å². The number of rotatable bonds is 5. The summed E-state index contributed by atoms with van der Waals surface area (Å²) >= 11 is 0. The van der Waals surface area contributed by atoms with Crippen LogP contribution in [0.5, 0.6) is 0 Å². The third-order valence-electron chi connectivity index (χ3n) is 5.11. The lowest BCUT2D eigenvalue weighted by molar-refractivity contribution is -0.130. The third-order valence-corrected chi connectivity index (χ3v) is 5.11. The van der Waals surface area contributed by atoms with E-state index >= 15 is 0 Å². The summed E-state index contributed by atoms with van der Waals surface area (Å²) in [6.07, 6.45) is 8.31. The Labute approximate surface area is 139 Å². The lowest BCUT2D eigenvalue weighted by Gasteiger charge is -2.33. The molecule has 0 aliphatic heterocycles. The van der Waals surface area contributed by atoms with Crippen LogP contribution in [0.15, 0.2) is 0 Å². The van der Waals surface area contributed by atoms with Crippen LogP contribution in [0, 0.1) is 5.92 Å². The molecule has 0 saturated heterocycles. The summed E-state index contributed by atoms with van der Waals surface area (Å²) in [4.78, 5) is 24.4. The lowest BCUT2D eigenvalue weighted by atomic mass is 9.81. The molecule has 0 radical (unpaired) electrons. The Hall–Kier alpha value is -1.10. The number of carbonyl (C=O) groups is 2. The van der Waals surface area contributed by atoms with Gasteiger partial charge in [0.05, 0.1) is 12.0 Å². The molecule has 0 aromatic rings. The van der Waals surface area contributed by atoms with E-state index in [9.17, 15) is 14.7 Å². The van der Waals surface area contributed by atoms with Crippen molar-refractivity contribution in [1.29, 1.82) is 0 Å². The van der Waals surface area contributed by atoms with Gasteiger partial charge in [-0.25, -0.2) is 0 Å². The second-order valence-electron chi connectivity index (χ2n) is 7.75. The van der Waals surface area contributed by atoms with E-state index in [0.29, 0.717) is 6.42 Å². The Morgan fingerprint density at radius 2 is 1.83 bits per heavy atom. The van der Waals surface area contributed by atoms with Gasteiger partial charge in [-0.1, -0.05) is 25.7 Å². The molecule has 0 bridgehead atoms. The molecular weight excluding hydrogens is 292 g/mol. The normalized spacial score (nSPS) is 27.5. The van der Waals surface area contributed by atoms with Crippen molar-refractivity contribution in [2.45, 2.75) is 95.7 Å². The molecule has 5 heteroatoms. The van der Waals surface area contributed by atoms with Crippen molar-refractivity contribution in [2.24, 2.45) is 5.92 Å². The fraction of sp³-hybridized carbons (Fsp3) is 0.889. The first kappa shape index (κ1) is 18.2. The van der Waals surface area contributed by atoms with Gasteiger partial charge in [-0.3, -0.25) is 9.59 Å². The van der Waals surface area contributed by atoms with Crippen LogP contribution in [0.3, 0.4) is 0 Å². The van der Waals surface area contributed by atoms with Gasteiger partial charge in [0.1, 0.15) is 0 Å². The fourth-order valence-corrected chi connectivity index (χ4v) is 3.93. The van der Waals surface area contributed by atoms with Gasteiger partial charge in [0.2, 0.25) is 11.8 Å². The third kappa shape index (κ3) is 5.79. The van der Waals surface area contributed by atoms with Crippen LogP contribution in [0.2, 0.25) is 0 Å². The SMILES string of the molecule is CC(C)NC(=O)C1CCCC(NC(=O)CC2(O)CCCCC2)C1. The number of hydrogen-bond donors (Lipinski definition) is 3. The Morgan fingerprint density at radius 3 is 2.48 bits per heavy atom. The average molecular weight is 324 g/mol. The van der Waals surface area contributed by atoms with Crippen molar-refractivity contribution in [3.8, 4) is 0 Å². The van der Waals surface area contributed by atoms with E-state index in [2.05, 4.69) is 10.6 Å². The monoisotopic (exact) mass is 324 g/mol. The van der Waals surface area contributed by atoms with Gasteiger partial charge in [0.15, 0.2) is 0 Å². The van der Waals surface area contributed by atoms with Crippen molar-refractivity contribution in [3.63, 3.8) is 0 Å². The maximum absolute atomic E-state index is 12.3. The van der Waals surface area contributed by atoms with Gasteiger partial charge in [0, 0.05) is 18.0 Å². The summed E-state index contributed by atoms with van der Waals surface area (Å²) in [5.41, 5.74) is -0.814. The average Bonchev–Trinajstić information content (AvgIpc) is 2.46. The van der Waals surface area contributed by atoms with E-state index in [-0.39, 0.29) is 36.2 Å². The van der Waals surface area contributed by atoms with Crippen LogP contribution in [0.1, 0.15) is 78.1 Å². The van der Waals surface area contributed by atoms with Gasteiger partial charge in [0.25, 0.3) is 0 Å². The molecular formula is C18H32N2O3. The number of hydrogen-bond acceptors (Lipinski definition) is 3. The molecule has 2 atom stereocenters. The predicted octanol–water partition coefficient (Wildman–Crippen LogP) is 2.27. The molecule has 0 aromatic carbocycles. The molecule has 2 amide bonds. The standard InChI is InChI=1S/C18H32N2O3/c1-13(2)19-17(22)14-7-6-8-15(11-14)20-16(21)12-18(23)9-4-3-5-10-18/h13-15,23H,3-12H2,1-2H3,(H,19,22)(H,20,21). The number of nitrogens with one attached hydrogen (secondary N) is 2. The van der Waals surface area contributed by atoms with Crippen molar-refractivity contribution in [2.75, 3.05) is 0 Å². The molecule has 0 aromatic heterocycles. The minimum absolute atomic E-state index is 0.00535. The van der Waals surface area contributed by atoms with E-state index < -0.39 is 5.60 Å². The zero-order valence-corrected chi connectivity index (χ0v) is 14.6. The number of carbonyl (C=O) groups excluding carboxylic acids is 2. The van der Waals surface area contributed by atoms with E-state index in [1.54, 1.807) is 0 Å². The first-order valence-electron chi connectivity index (χ1n) is 9.20. The van der Waals surface area contributed by atoms with Gasteiger partial charge >= 0.3 is 0 Å². The molecule has 2 rings (SSSR count). The molecule has 3 N–H and O–H groups in total. The van der Waals surface area contributed by atoms with Crippen LogP contribution in [0.4, 0.5) is 0 Å². The summed E-state index contributed by atoms with van der Waals surface area (Å²) in [6, 6.07) is 0.212. The summed E-state index contributed by atoms with van der Waals surface area (Å²) in [5, 5.41) is 16.5. The maximum atomic E-state index is 12.3. The molecule has 2 aliphatic rings. The summed E-state index contributed by atoms with van der Waals surface area (Å²) in [7, 11) is 0. The zero-order chi connectivity index (χ0) is 16.9. The lowest BCUT2D eigenvalue weighted by Crippen LogP contribution is -2.46. The summed E-state index contributed by atoms with van der Waals surface area (Å²) in [5.74, 6) is 0.0309. The first-order chi connectivity index (χ1) is 10.9. The summed E-state index contributed by atoms with van der Waals surface area (Å²) < 4.78 is 0. The minimum atomic E-state index is -0.814. The predicted molar refractivity (Wildman–Crippen MR) is 89.8 cm³/mol. The Morgan fingerprint density at radius 1 is 1.13 bits per heavy atom. The second-order valence-corrected chi connectivity index (χ2v) is 7.75. The highest BCUT2D eigenvalue weighted by Gasteiger charge is 2.33.